The Morgan fingerprint density at radius 2 is 1.46 bits per heavy atom. The molecule has 6 nitrogen and oxygen atoms in total. The third kappa shape index (κ3) is 5.40. The van der Waals surface area contributed by atoms with Crippen molar-refractivity contribution in [1.82, 2.24) is 5.32 Å². The summed E-state index contributed by atoms with van der Waals surface area (Å²) in [5.41, 5.74) is 7.66. The van der Waals surface area contributed by atoms with Gasteiger partial charge in [-0.3, -0.25) is 9.59 Å². The summed E-state index contributed by atoms with van der Waals surface area (Å²) in [6.07, 6.45) is 1.78. The fraction of sp³-hybridized carbons (Fsp3) is 0.300. The summed E-state index contributed by atoms with van der Waals surface area (Å²) in [6, 6.07) is 17.8. The van der Waals surface area contributed by atoms with Gasteiger partial charge in [0.25, 0.3) is 0 Å². The van der Waals surface area contributed by atoms with E-state index in [1.165, 1.54) is 0 Å². The Bertz CT molecular complexity index is 661. The van der Waals surface area contributed by atoms with E-state index < -0.39 is 18.0 Å². The lowest BCUT2D eigenvalue weighted by Gasteiger charge is -2.21. The molecule has 1 saturated heterocycles. The summed E-state index contributed by atoms with van der Waals surface area (Å²) in [5.74, 6) is -2.04. The maximum absolute atomic E-state index is 11.2. The number of carboxylic acids is 2. The van der Waals surface area contributed by atoms with Crippen LogP contribution in [0, 0.1) is 0 Å². The molecule has 5 N–H and O–H groups in total. The molecule has 0 unspecified atom stereocenters. The Balaban J connectivity index is 0.000000254. The molecule has 1 fully saturated rings. The molecule has 2 atom stereocenters. The third-order valence-electron chi connectivity index (χ3n) is 4.32. The SMILES string of the molecule is N[C@@H](C(=O)O)C(c1ccccc1)c1ccccc1.O=C(O)[C@@H]1CCCN1. The highest BCUT2D eigenvalue weighted by atomic mass is 16.4. The smallest absolute Gasteiger partial charge is 0.321 e. The van der Waals surface area contributed by atoms with Gasteiger partial charge >= 0.3 is 11.9 Å². The van der Waals surface area contributed by atoms with Gasteiger partial charge in [0, 0.05) is 5.92 Å². The number of nitrogens with two attached hydrogens (primary N) is 1. The van der Waals surface area contributed by atoms with Crippen LogP contribution in [0.1, 0.15) is 29.9 Å². The van der Waals surface area contributed by atoms with Gasteiger partial charge in [-0.15, -0.1) is 0 Å². The first-order valence-corrected chi connectivity index (χ1v) is 8.55. The normalized spacial score (nSPS) is 17.2. The van der Waals surface area contributed by atoms with Crippen LogP contribution in [0.15, 0.2) is 60.7 Å². The van der Waals surface area contributed by atoms with Crippen LogP contribution in [0.5, 0.6) is 0 Å². The van der Waals surface area contributed by atoms with Gasteiger partial charge in [-0.25, -0.2) is 0 Å². The molecule has 6 heteroatoms. The van der Waals surface area contributed by atoms with Crippen molar-refractivity contribution in [3.8, 4) is 0 Å². The van der Waals surface area contributed by atoms with Crippen molar-refractivity contribution in [3.63, 3.8) is 0 Å². The molecule has 0 aliphatic carbocycles. The number of carbonyl (C=O) groups is 2. The molecule has 0 amide bonds. The summed E-state index contributed by atoms with van der Waals surface area (Å²) in [7, 11) is 0. The highest BCUT2D eigenvalue weighted by molar-refractivity contribution is 5.75. The van der Waals surface area contributed by atoms with E-state index in [-0.39, 0.29) is 12.0 Å². The van der Waals surface area contributed by atoms with Crippen molar-refractivity contribution in [2.45, 2.75) is 30.8 Å². The maximum Gasteiger partial charge on any atom is 0.321 e. The molecule has 0 bridgehead atoms. The molecular weight excluding hydrogens is 332 g/mol. The highest BCUT2D eigenvalue weighted by Crippen LogP contribution is 2.27. The number of carboxylic acid groups (broad SMARTS) is 2. The molecule has 138 valence electrons. The van der Waals surface area contributed by atoms with Gasteiger partial charge in [0.1, 0.15) is 12.1 Å². The number of hydrogen-bond acceptors (Lipinski definition) is 4. The summed E-state index contributed by atoms with van der Waals surface area (Å²) in [4.78, 5) is 21.3. The molecule has 2 aromatic rings. The maximum atomic E-state index is 11.2. The van der Waals surface area contributed by atoms with Crippen molar-refractivity contribution in [1.29, 1.82) is 0 Å². The standard InChI is InChI=1S/C15H15NO2.C5H9NO2/c16-14(15(17)18)13(11-7-3-1-4-8-11)12-9-5-2-6-10-12;7-5(8)4-2-1-3-6-4/h1-10,13-14H,16H2,(H,17,18);4,6H,1-3H2,(H,7,8)/t14-;4-/m10/s1. The van der Waals surface area contributed by atoms with Crippen molar-refractivity contribution >= 4 is 11.9 Å². The Hall–Kier alpha value is -2.70. The quantitative estimate of drug-likeness (QED) is 0.652. The highest BCUT2D eigenvalue weighted by Gasteiger charge is 2.27. The topological polar surface area (TPSA) is 113 Å². The summed E-state index contributed by atoms with van der Waals surface area (Å²) in [5, 5.41) is 20.4. The van der Waals surface area contributed by atoms with Crippen LogP contribution in [0.4, 0.5) is 0 Å². The molecule has 0 spiro atoms. The Kier molecular flexibility index (Phi) is 7.32. The van der Waals surface area contributed by atoms with E-state index in [9.17, 15) is 9.59 Å². The number of rotatable bonds is 5. The van der Waals surface area contributed by atoms with Gasteiger partial charge in [0.15, 0.2) is 0 Å². The van der Waals surface area contributed by atoms with E-state index in [0.29, 0.717) is 0 Å². The van der Waals surface area contributed by atoms with Crippen LogP contribution in [0.2, 0.25) is 0 Å². The molecule has 1 heterocycles. The van der Waals surface area contributed by atoms with E-state index in [1.807, 2.05) is 60.7 Å². The molecular formula is C20H24N2O4. The second-order valence-electron chi connectivity index (χ2n) is 6.15. The fourth-order valence-corrected chi connectivity index (χ4v) is 2.97. The second-order valence-corrected chi connectivity index (χ2v) is 6.15. The lowest BCUT2D eigenvalue weighted by Crippen LogP contribution is -2.37. The molecule has 26 heavy (non-hydrogen) atoms. The van der Waals surface area contributed by atoms with Crippen molar-refractivity contribution < 1.29 is 19.8 Å². The lowest BCUT2D eigenvalue weighted by molar-refractivity contribution is -0.139. The average molecular weight is 356 g/mol. The minimum absolute atomic E-state index is 0.269. The Morgan fingerprint density at radius 1 is 0.962 bits per heavy atom. The van der Waals surface area contributed by atoms with E-state index in [1.54, 1.807) is 0 Å². The molecule has 0 aromatic heterocycles. The van der Waals surface area contributed by atoms with E-state index in [4.69, 9.17) is 15.9 Å². The molecule has 1 aliphatic rings. The fourth-order valence-electron chi connectivity index (χ4n) is 2.97. The predicted molar refractivity (Wildman–Crippen MR) is 99.0 cm³/mol. The second kappa shape index (κ2) is 9.70. The van der Waals surface area contributed by atoms with Crippen LogP contribution in [-0.2, 0) is 9.59 Å². The van der Waals surface area contributed by atoms with E-state index >= 15 is 0 Å². The minimum Gasteiger partial charge on any atom is -0.480 e. The van der Waals surface area contributed by atoms with Gasteiger partial charge in [0.2, 0.25) is 0 Å². The third-order valence-corrected chi connectivity index (χ3v) is 4.32. The summed E-state index contributed by atoms with van der Waals surface area (Å²) >= 11 is 0. The first kappa shape index (κ1) is 19.6. The van der Waals surface area contributed by atoms with Crippen LogP contribution < -0.4 is 11.1 Å². The Morgan fingerprint density at radius 3 is 1.77 bits per heavy atom. The summed E-state index contributed by atoms with van der Waals surface area (Å²) in [6.45, 7) is 0.858. The van der Waals surface area contributed by atoms with Gasteiger partial charge < -0.3 is 21.3 Å². The molecule has 0 saturated carbocycles. The largest absolute Gasteiger partial charge is 0.480 e. The lowest BCUT2D eigenvalue weighted by atomic mass is 9.85. The van der Waals surface area contributed by atoms with Crippen LogP contribution in [0.3, 0.4) is 0 Å². The van der Waals surface area contributed by atoms with Gasteiger partial charge in [-0.05, 0) is 30.5 Å². The Labute approximate surface area is 152 Å². The van der Waals surface area contributed by atoms with E-state index in [0.717, 1.165) is 30.5 Å². The van der Waals surface area contributed by atoms with Gasteiger partial charge in [-0.1, -0.05) is 60.7 Å². The first-order chi connectivity index (χ1) is 12.5. The number of hydrogen-bond donors (Lipinski definition) is 4. The van der Waals surface area contributed by atoms with Gasteiger partial charge in [-0.2, -0.15) is 0 Å². The molecule has 1 aliphatic heterocycles. The predicted octanol–water partition coefficient (Wildman–Crippen LogP) is 2.05. The van der Waals surface area contributed by atoms with Crippen molar-refractivity contribution in [3.05, 3.63) is 71.8 Å². The first-order valence-electron chi connectivity index (χ1n) is 8.55. The van der Waals surface area contributed by atoms with Crippen LogP contribution in [0.25, 0.3) is 0 Å². The monoisotopic (exact) mass is 356 g/mol. The molecule has 2 aromatic carbocycles. The summed E-state index contributed by atoms with van der Waals surface area (Å²) < 4.78 is 0. The van der Waals surface area contributed by atoms with Crippen LogP contribution >= 0.6 is 0 Å². The number of benzene rings is 2. The van der Waals surface area contributed by atoms with Crippen LogP contribution in [-0.4, -0.2) is 40.8 Å². The minimum atomic E-state index is -0.993. The number of nitrogens with one attached hydrogen (secondary N) is 1. The van der Waals surface area contributed by atoms with Crippen molar-refractivity contribution in [2.24, 2.45) is 5.73 Å². The van der Waals surface area contributed by atoms with Crippen molar-refractivity contribution in [2.75, 3.05) is 6.54 Å². The zero-order valence-corrected chi connectivity index (χ0v) is 14.4. The number of aliphatic carboxylic acids is 2. The van der Waals surface area contributed by atoms with Gasteiger partial charge in [0.05, 0.1) is 0 Å². The zero-order chi connectivity index (χ0) is 18.9. The average Bonchev–Trinajstić information content (AvgIpc) is 3.19. The molecule has 0 radical (unpaired) electrons. The molecule has 3 rings (SSSR count). The zero-order valence-electron chi connectivity index (χ0n) is 14.4. The van der Waals surface area contributed by atoms with E-state index in [2.05, 4.69) is 5.32 Å².